The van der Waals surface area contributed by atoms with Crippen molar-refractivity contribution in [3.8, 4) is 0 Å². The second-order valence-corrected chi connectivity index (χ2v) is 4.98. The summed E-state index contributed by atoms with van der Waals surface area (Å²) in [6.45, 7) is 0. The van der Waals surface area contributed by atoms with E-state index in [1.54, 1.807) is 0 Å². The van der Waals surface area contributed by atoms with Gasteiger partial charge in [-0.15, -0.1) is 0 Å². The van der Waals surface area contributed by atoms with E-state index in [4.69, 9.17) is 0 Å². The van der Waals surface area contributed by atoms with E-state index in [9.17, 15) is 0 Å². The van der Waals surface area contributed by atoms with Crippen LogP contribution in [0.25, 0.3) is 0 Å². The molecule has 0 saturated carbocycles. The molecule has 0 aromatic rings. The summed E-state index contributed by atoms with van der Waals surface area (Å²) >= 11 is 5.23. The van der Waals surface area contributed by atoms with Crippen molar-refractivity contribution in [3.05, 3.63) is 0 Å². The molecule has 0 atom stereocenters. The second kappa shape index (κ2) is 8.30. The molecular weight excluding hydrogens is 462 g/mol. The van der Waals surface area contributed by atoms with Crippen LogP contribution in [-0.4, -0.2) is 0 Å². The molecule has 0 aliphatic heterocycles. The molecule has 0 aliphatic carbocycles. The van der Waals surface area contributed by atoms with E-state index >= 15 is 0 Å². The minimum atomic E-state index is -0.443. The van der Waals surface area contributed by atoms with Crippen LogP contribution in [0.15, 0.2) is 0 Å². The Morgan fingerprint density at radius 2 is 1.43 bits per heavy atom. The summed E-state index contributed by atoms with van der Waals surface area (Å²) in [5.41, 5.74) is 0. The van der Waals surface area contributed by atoms with Crippen LogP contribution in [0.5, 0.6) is 0 Å². The summed E-state index contributed by atoms with van der Waals surface area (Å²) in [6, 6.07) is 0. The van der Waals surface area contributed by atoms with Crippen LogP contribution in [0.4, 0.5) is 0 Å². The quantitative estimate of drug-likeness (QED) is 0.183. The van der Waals surface area contributed by atoms with Crippen LogP contribution in [0.2, 0.25) is 0 Å². The predicted octanol–water partition coefficient (Wildman–Crippen LogP) is -4.51. The van der Waals surface area contributed by atoms with Crippen LogP contribution in [-0.2, 0) is 11.5 Å². The molecule has 0 amide bonds. The molecule has 0 rings (SSSR count). The van der Waals surface area contributed by atoms with E-state index in [1.807, 2.05) is 0 Å². The van der Waals surface area contributed by atoms with Gasteiger partial charge in [-0.3, -0.25) is 0 Å². The fourth-order valence-corrected chi connectivity index (χ4v) is 1.12. The SMILES string of the molecule is Br[I-]OOO[I-]Br. The Bertz CT molecular complexity index is 30.1. The fourth-order valence-electron chi connectivity index (χ4n) is 0.0292. The molecule has 0 aromatic heterocycles. The first kappa shape index (κ1) is 9.30. The number of hydrogen-bond acceptors (Lipinski definition) is 3. The molecule has 0 unspecified atom stereocenters. The molecule has 3 nitrogen and oxygen atoms in total. The monoisotopic (exact) mass is 460 g/mol. The van der Waals surface area contributed by atoms with Crippen molar-refractivity contribution in [2.75, 3.05) is 0 Å². The van der Waals surface area contributed by atoms with Crippen molar-refractivity contribution in [1.29, 1.82) is 0 Å². The molecule has 48 valence electrons. The van der Waals surface area contributed by atoms with Crippen LogP contribution in [0.1, 0.15) is 0 Å². The molecule has 0 saturated heterocycles. The van der Waals surface area contributed by atoms with Crippen molar-refractivity contribution in [2.45, 2.75) is 0 Å². The van der Waals surface area contributed by atoms with Gasteiger partial charge in [0, 0.05) is 0 Å². The first-order valence-corrected chi connectivity index (χ1v) is 12.4. The van der Waals surface area contributed by atoms with E-state index in [-0.39, 0.29) is 0 Å². The minimum absolute atomic E-state index is 0.443. The molecule has 7 heavy (non-hydrogen) atoms. The standard InChI is InChI=1S/Br2I2O3/c1-3-5-7-6-4-2/q-2. The predicted molar refractivity (Wildman–Crippen MR) is 21.1 cm³/mol. The average Bonchev–Trinajstić information content (AvgIpc) is 1.69. The summed E-state index contributed by atoms with van der Waals surface area (Å²) < 4.78 is 8.75. The van der Waals surface area contributed by atoms with E-state index in [2.05, 4.69) is 36.9 Å². The Morgan fingerprint density at radius 1 is 1.00 bits per heavy atom. The van der Waals surface area contributed by atoms with Crippen LogP contribution in [0, 0.1) is 0 Å². The topological polar surface area (TPSA) is 27.7 Å². The van der Waals surface area contributed by atoms with E-state index in [1.165, 1.54) is 0 Å². The van der Waals surface area contributed by atoms with Crippen molar-refractivity contribution in [2.24, 2.45) is 0 Å². The van der Waals surface area contributed by atoms with Crippen LogP contribution < -0.4 is 38.8 Å². The molecule has 0 heterocycles. The maximum atomic E-state index is 4.38. The van der Waals surface area contributed by atoms with E-state index in [0.29, 0.717) is 0 Å². The van der Waals surface area contributed by atoms with Crippen LogP contribution >= 0.6 is 25.4 Å². The number of rotatable bonds is 4. The zero-order valence-electron chi connectivity index (χ0n) is 2.74. The molecule has 0 aliphatic rings. The first-order valence-electron chi connectivity index (χ1n) is 0.928. The molecule has 0 aromatic carbocycles. The van der Waals surface area contributed by atoms with Crippen molar-refractivity contribution >= 4 is 25.4 Å². The molecule has 0 spiro atoms. The van der Waals surface area contributed by atoms with Gasteiger partial charge in [0.15, 0.2) is 0 Å². The zero-order chi connectivity index (χ0) is 5.54. The normalized spacial score (nSPS) is 10.6. The summed E-state index contributed by atoms with van der Waals surface area (Å²) in [5, 5.41) is 4.14. The molecule has 0 bridgehead atoms. The first-order chi connectivity index (χ1) is 3.41. The maximum absolute atomic E-state index is 4.38. The number of hydrogen-bond donors (Lipinski definition) is 0. The Morgan fingerprint density at radius 3 is 1.71 bits per heavy atom. The Balaban J connectivity index is 2.45. The summed E-state index contributed by atoms with van der Waals surface area (Å²) in [4.78, 5) is 0. The van der Waals surface area contributed by atoms with Gasteiger partial charge in [-0.05, 0) is 0 Å². The van der Waals surface area contributed by atoms with Gasteiger partial charge in [-0.2, -0.15) is 0 Å². The summed E-state index contributed by atoms with van der Waals surface area (Å²) in [6.07, 6.45) is 0. The van der Waals surface area contributed by atoms with Gasteiger partial charge < -0.3 is 0 Å². The fraction of sp³-hybridized carbons (Fsp3) is 0. The van der Waals surface area contributed by atoms with Crippen molar-refractivity contribution in [1.82, 2.24) is 0 Å². The molecule has 0 fully saturated rings. The third-order valence-corrected chi connectivity index (χ3v) is 2.00. The Hall–Kier alpha value is 2.30. The molecule has 0 N–H and O–H groups in total. The Kier molecular flexibility index (Phi) is 11.0. The van der Waals surface area contributed by atoms with Gasteiger partial charge in [-0.1, -0.05) is 0 Å². The van der Waals surface area contributed by atoms with Crippen molar-refractivity contribution < 1.29 is 50.3 Å². The molecule has 7 heteroatoms. The van der Waals surface area contributed by atoms with Gasteiger partial charge in [-0.25, -0.2) is 0 Å². The number of halogens is 4. The summed E-state index contributed by atoms with van der Waals surface area (Å²) in [7, 11) is 0. The van der Waals surface area contributed by atoms with E-state index in [0.717, 1.165) is 0 Å². The van der Waals surface area contributed by atoms with Crippen LogP contribution in [0.3, 0.4) is 0 Å². The third kappa shape index (κ3) is 8.30. The van der Waals surface area contributed by atoms with E-state index < -0.39 is 38.8 Å². The third-order valence-electron chi connectivity index (χ3n) is 0.0991. The zero-order valence-corrected chi connectivity index (χ0v) is 10.2. The molecule has 0 radical (unpaired) electrons. The second-order valence-electron chi connectivity index (χ2n) is 0.311. The van der Waals surface area contributed by atoms with Gasteiger partial charge in [0.2, 0.25) is 0 Å². The van der Waals surface area contributed by atoms with Gasteiger partial charge in [0.05, 0.1) is 0 Å². The van der Waals surface area contributed by atoms with Crippen molar-refractivity contribution in [3.63, 3.8) is 0 Å². The Labute approximate surface area is 74.4 Å². The molecular formula is Br2I2O3-2. The van der Waals surface area contributed by atoms with Gasteiger partial charge in [0.25, 0.3) is 0 Å². The summed E-state index contributed by atoms with van der Waals surface area (Å²) in [5.74, 6) is 0. The van der Waals surface area contributed by atoms with Gasteiger partial charge >= 0.3 is 75.6 Å². The average molecular weight is 462 g/mol. The van der Waals surface area contributed by atoms with Gasteiger partial charge in [0.1, 0.15) is 0 Å².